The molecule has 1 atom stereocenters. The van der Waals surface area contributed by atoms with E-state index in [9.17, 15) is 4.79 Å². The van der Waals surface area contributed by atoms with E-state index in [4.69, 9.17) is 10.5 Å². The number of carbonyl (C=O) groups excluding carboxylic acids is 1. The Bertz CT molecular complexity index is 425. The fraction of sp³-hybridized carbons (Fsp3) is 0.611. The first-order valence-electron chi connectivity index (χ1n) is 8.39. The van der Waals surface area contributed by atoms with Crippen LogP contribution in [0.1, 0.15) is 63.2 Å². The summed E-state index contributed by atoms with van der Waals surface area (Å²) < 4.78 is 5.44. The summed E-state index contributed by atoms with van der Waals surface area (Å²) in [6.45, 7) is 6.92. The minimum Gasteiger partial charge on any atom is -0.460 e. The number of ether oxygens (including phenoxy) is 1. The van der Waals surface area contributed by atoms with Crippen LogP contribution < -0.4 is 11.1 Å². The third-order valence-corrected chi connectivity index (χ3v) is 3.80. The Labute approximate surface area is 134 Å². The van der Waals surface area contributed by atoms with Gasteiger partial charge in [0.15, 0.2) is 0 Å². The molecular formula is C18H30N2O2. The Morgan fingerprint density at radius 3 is 2.18 bits per heavy atom. The minimum absolute atomic E-state index is 0.209. The lowest BCUT2D eigenvalue weighted by atomic mass is 10.0. The number of nitrogens with two attached hydrogens (primary N) is 1. The van der Waals surface area contributed by atoms with Crippen molar-refractivity contribution in [3.05, 3.63) is 29.8 Å². The van der Waals surface area contributed by atoms with Crippen molar-refractivity contribution in [3.63, 3.8) is 0 Å². The second kappa shape index (κ2) is 10.2. The summed E-state index contributed by atoms with van der Waals surface area (Å²) >= 11 is 0. The van der Waals surface area contributed by atoms with Crippen LogP contribution in [0.15, 0.2) is 24.3 Å². The van der Waals surface area contributed by atoms with E-state index in [1.54, 1.807) is 24.3 Å². The first-order chi connectivity index (χ1) is 10.6. The van der Waals surface area contributed by atoms with Crippen LogP contribution in [0.4, 0.5) is 5.69 Å². The molecule has 0 amide bonds. The monoisotopic (exact) mass is 306 g/mol. The standard InChI is InChI=1S/C18H30N2O2/c1-4-7-17(8-5-2)20-16(6-3)13-22-18(21)14-9-11-15(19)12-10-14/h9-12,16-17,20H,4-8,13,19H2,1-3H3/t16-/m1/s1. The van der Waals surface area contributed by atoms with E-state index in [0.29, 0.717) is 23.9 Å². The van der Waals surface area contributed by atoms with Crippen molar-refractivity contribution >= 4 is 11.7 Å². The maximum Gasteiger partial charge on any atom is 0.338 e. The number of hydrogen-bond acceptors (Lipinski definition) is 4. The van der Waals surface area contributed by atoms with Gasteiger partial charge in [-0.2, -0.15) is 0 Å². The number of nitrogen functional groups attached to an aromatic ring is 1. The molecule has 1 rings (SSSR count). The van der Waals surface area contributed by atoms with Crippen molar-refractivity contribution in [2.24, 2.45) is 0 Å². The van der Waals surface area contributed by atoms with E-state index in [1.165, 1.54) is 12.8 Å². The highest BCUT2D eigenvalue weighted by molar-refractivity contribution is 5.89. The molecule has 124 valence electrons. The van der Waals surface area contributed by atoms with Crippen LogP contribution in [0.2, 0.25) is 0 Å². The SMILES string of the molecule is CCCC(CCC)N[C@H](CC)COC(=O)c1ccc(N)cc1. The summed E-state index contributed by atoms with van der Waals surface area (Å²) in [5.41, 5.74) is 6.81. The van der Waals surface area contributed by atoms with Gasteiger partial charge in [-0.3, -0.25) is 0 Å². The maximum absolute atomic E-state index is 12.0. The number of hydrogen-bond donors (Lipinski definition) is 2. The molecule has 0 radical (unpaired) electrons. The quantitative estimate of drug-likeness (QED) is 0.510. The Morgan fingerprint density at radius 2 is 1.68 bits per heavy atom. The molecule has 0 aliphatic rings. The Balaban J connectivity index is 2.48. The Kier molecular flexibility index (Phi) is 8.60. The largest absolute Gasteiger partial charge is 0.460 e. The molecule has 0 aliphatic heterocycles. The molecular weight excluding hydrogens is 276 g/mol. The number of esters is 1. The first-order valence-corrected chi connectivity index (χ1v) is 8.39. The molecule has 0 saturated carbocycles. The van der Waals surface area contributed by atoms with Crippen molar-refractivity contribution in [1.29, 1.82) is 0 Å². The van der Waals surface area contributed by atoms with Gasteiger partial charge in [0.05, 0.1) is 5.56 Å². The van der Waals surface area contributed by atoms with Gasteiger partial charge in [0.25, 0.3) is 0 Å². The van der Waals surface area contributed by atoms with Gasteiger partial charge in [-0.1, -0.05) is 33.6 Å². The predicted octanol–water partition coefficient (Wildman–Crippen LogP) is 3.76. The molecule has 0 heterocycles. The third kappa shape index (κ3) is 6.48. The second-order valence-corrected chi connectivity index (χ2v) is 5.77. The predicted molar refractivity (Wildman–Crippen MR) is 92.0 cm³/mol. The third-order valence-electron chi connectivity index (χ3n) is 3.80. The van der Waals surface area contributed by atoms with E-state index in [-0.39, 0.29) is 12.0 Å². The van der Waals surface area contributed by atoms with Gasteiger partial charge in [0.2, 0.25) is 0 Å². The molecule has 1 aromatic carbocycles. The van der Waals surface area contributed by atoms with Gasteiger partial charge in [0.1, 0.15) is 6.61 Å². The topological polar surface area (TPSA) is 64.3 Å². The smallest absolute Gasteiger partial charge is 0.338 e. The Hall–Kier alpha value is -1.55. The second-order valence-electron chi connectivity index (χ2n) is 5.77. The maximum atomic E-state index is 12.0. The zero-order valence-corrected chi connectivity index (χ0v) is 14.1. The average Bonchev–Trinajstić information content (AvgIpc) is 2.52. The normalized spacial score (nSPS) is 12.4. The van der Waals surface area contributed by atoms with Crippen LogP contribution >= 0.6 is 0 Å². The Morgan fingerprint density at radius 1 is 1.09 bits per heavy atom. The molecule has 0 spiro atoms. The van der Waals surface area contributed by atoms with Gasteiger partial charge in [0, 0.05) is 17.8 Å². The van der Waals surface area contributed by atoms with E-state index < -0.39 is 0 Å². The summed E-state index contributed by atoms with van der Waals surface area (Å²) in [7, 11) is 0. The summed E-state index contributed by atoms with van der Waals surface area (Å²) in [5, 5.41) is 3.62. The van der Waals surface area contributed by atoms with Crippen molar-refractivity contribution < 1.29 is 9.53 Å². The summed E-state index contributed by atoms with van der Waals surface area (Å²) in [6, 6.07) is 7.54. The van der Waals surface area contributed by atoms with Crippen LogP contribution in [0.3, 0.4) is 0 Å². The van der Waals surface area contributed by atoms with Gasteiger partial charge < -0.3 is 15.8 Å². The highest BCUT2D eigenvalue weighted by Crippen LogP contribution is 2.10. The molecule has 0 saturated heterocycles. The molecule has 0 bridgehead atoms. The lowest BCUT2D eigenvalue weighted by molar-refractivity contribution is 0.0455. The van der Waals surface area contributed by atoms with Crippen LogP contribution in [0.5, 0.6) is 0 Å². The summed E-state index contributed by atoms with van der Waals surface area (Å²) in [5.74, 6) is -0.289. The number of nitrogens with one attached hydrogen (secondary N) is 1. The number of anilines is 1. The minimum atomic E-state index is -0.289. The molecule has 4 nitrogen and oxygen atoms in total. The molecule has 22 heavy (non-hydrogen) atoms. The highest BCUT2D eigenvalue weighted by atomic mass is 16.5. The molecule has 0 aromatic heterocycles. The highest BCUT2D eigenvalue weighted by Gasteiger charge is 2.15. The van der Waals surface area contributed by atoms with Crippen molar-refractivity contribution in [3.8, 4) is 0 Å². The van der Waals surface area contributed by atoms with E-state index in [2.05, 4.69) is 26.1 Å². The van der Waals surface area contributed by atoms with Crippen LogP contribution in [-0.4, -0.2) is 24.7 Å². The van der Waals surface area contributed by atoms with Gasteiger partial charge >= 0.3 is 5.97 Å². The fourth-order valence-electron chi connectivity index (χ4n) is 2.50. The molecule has 0 unspecified atom stereocenters. The van der Waals surface area contributed by atoms with Crippen LogP contribution in [0.25, 0.3) is 0 Å². The number of benzene rings is 1. The number of rotatable bonds is 10. The molecule has 1 aromatic rings. The molecule has 4 heteroatoms. The van der Waals surface area contributed by atoms with Crippen molar-refractivity contribution in [2.45, 2.75) is 65.0 Å². The van der Waals surface area contributed by atoms with Crippen molar-refractivity contribution in [2.75, 3.05) is 12.3 Å². The fourth-order valence-corrected chi connectivity index (χ4v) is 2.50. The van der Waals surface area contributed by atoms with E-state index in [0.717, 1.165) is 19.3 Å². The van der Waals surface area contributed by atoms with Gasteiger partial charge in [-0.25, -0.2) is 4.79 Å². The molecule has 0 fully saturated rings. The average molecular weight is 306 g/mol. The number of carbonyl (C=O) groups is 1. The lowest BCUT2D eigenvalue weighted by Gasteiger charge is -2.24. The zero-order chi connectivity index (χ0) is 16.4. The zero-order valence-electron chi connectivity index (χ0n) is 14.1. The van der Waals surface area contributed by atoms with Crippen LogP contribution in [-0.2, 0) is 4.74 Å². The molecule has 0 aliphatic carbocycles. The van der Waals surface area contributed by atoms with Gasteiger partial charge in [-0.05, 0) is 43.5 Å². The van der Waals surface area contributed by atoms with E-state index in [1.807, 2.05) is 0 Å². The van der Waals surface area contributed by atoms with Crippen LogP contribution in [0, 0.1) is 0 Å². The molecule has 3 N–H and O–H groups in total. The van der Waals surface area contributed by atoms with Gasteiger partial charge in [-0.15, -0.1) is 0 Å². The summed E-state index contributed by atoms with van der Waals surface area (Å²) in [6.07, 6.45) is 5.60. The lowest BCUT2D eigenvalue weighted by Crippen LogP contribution is -2.41. The summed E-state index contributed by atoms with van der Waals surface area (Å²) in [4.78, 5) is 12.0. The van der Waals surface area contributed by atoms with Crippen molar-refractivity contribution in [1.82, 2.24) is 5.32 Å². The van der Waals surface area contributed by atoms with E-state index >= 15 is 0 Å². The first kappa shape index (κ1) is 18.5.